The van der Waals surface area contributed by atoms with Gasteiger partial charge in [0.1, 0.15) is 17.9 Å². The lowest BCUT2D eigenvalue weighted by atomic mass is 10.3. The monoisotopic (exact) mass is 168 g/mol. The molecule has 12 heavy (non-hydrogen) atoms. The maximum absolute atomic E-state index is 12.5. The van der Waals surface area contributed by atoms with Gasteiger partial charge in [-0.1, -0.05) is 6.07 Å². The summed E-state index contributed by atoms with van der Waals surface area (Å²) >= 11 is 0. The topological polar surface area (TPSA) is 26.3 Å². The molecular weight excluding hydrogens is 159 g/mol. The van der Waals surface area contributed by atoms with Gasteiger partial charge in [0.05, 0.1) is 6.61 Å². The van der Waals surface area contributed by atoms with Gasteiger partial charge in [-0.15, -0.1) is 0 Å². The van der Waals surface area contributed by atoms with E-state index >= 15 is 0 Å². The fourth-order valence-corrected chi connectivity index (χ4v) is 0.782. The standard InChI is InChI=1S/C9H9FO2/c10-8-3-1-4-9(7-8)12-6-2-5-11/h1,3-5,7H,2,6H2. The summed E-state index contributed by atoms with van der Waals surface area (Å²) in [5.74, 6) is 0.121. The third kappa shape index (κ3) is 2.70. The van der Waals surface area contributed by atoms with Crippen LogP contribution < -0.4 is 4.74 Å². The number of hydrogen-bond donors (Lipinski definition) is 0. The summed E-state index contributed by atoms with van der Waals surface area (Å²) in [4.78, 5) is 9.91. The molecule has 0 saturated heterocycles. The maximum atomic E-state index is 12.5. The summed E-state index contributed by atoms with van der Waals surface area (Å²) in [7, 11) is 0. The highest BCUT2D eigenvalue weighted by atomic mass is 19.1. The first kappa shape index (κ1) is 8.71. The van der Waals surface area contributed by atoms with Crippen LogP contribution in [0.1, 0.15) is 6.42 Å². The lowest BCUT2D eigenvalue weighted by Crippen LogP contribution is -1.97. The largest absolute Gasteiger partial charge is 0.493 e. The number of carbonyl (C=O) groups is 1. The molecule has 0 heterocycles. The Morgan fingerprint density at radius 1 is 1.50 bits per heavy atom. The second kappa shape index (κ2) is 4.49. The Balaban J connectivity index is 2.46. The normalized spacial score (nSPS) is 9.42. The number of aldehydes is 1. The number of ether oxygens (including phenoxy) is 1. The fourth-order valence-electron chi connectivity index (χ4n) is 0.782. The number of hydrogen-bond acceptors (Lipinski definition) is 2. The van der Waals surface area contributed by atoms with E-state index in [0.29, 0.717) is 18.8 Å². The molecule has 0 aliphatic heterocycles. The second-order valence-electron chi connectivity index (χ2n) is 2.26. The minimum Gasteiger partial charge on any atom is -0.493 e. The van der Waals surface area contributed by atoms with Crippen LogP contribution in [0.5, 0.6) is 5.75 Å². The van der Waals surface area contributed by atoms with Crippen LogP contribution in [0.2, 0.25) is 0 Å². The molecule has 64 valence electrons. The molecule has 0 unspecified atom stereocenters. The lowest BCUT2D eigenvalue weighted by molar-refractivity contribution is -0.108. The van der Waals surface area contributed by atoms with Gasteiger partial charge in [0.2, 0.25) is 0 Å². The number of benzene rings is 1. The highest BCUT2D eigenvalue weighted by molar-refractivity contribution is 5.49. The molecule has 0 N–H and O–H groups in total. The molecule has 0 atom stereocenters. The summed E-state index contributed by atoms with van der Waals surface area (Å²) in [5, 5.41) is 0. The molecule has 0 fully saturated rings. The SMILES string of the molecule is O=CCCOc1cccc(F)c1. The summed E-state index contributed by atoms with van der Waals surface area (Å²) in [6.07, 6.45) is 1.09. The average Bonchev–Trinajstić information content (AvgIpc) is 2.05. The van der Waals surface area contributed by atoms with E-state index < -0.39 is 0 Å². The van der Waals surface area contributed by atoms with E-state index in [9.17, 15) is 9.18 Å². The average molecular weight is 168 g/mol. The molecule has 2 nitrogen and oxygen atoms in total. The van der Waals surface area contributed by atoms with E-state index in [1.165, 1.54) is 12.1 Å². The molecule has 0 bridgehead atoms. The predicted octanol–water partition coefficient (Wildman–Crippen LogP) is 1.79. The van der Waals surface area contributed by atoms with Crippen molar-refractivity contribution in [3.63, 3.8) is 0 Å². The zero-order valence-electron chi connectivity index (χ0n) is 6.50. The first-order chi connectivity index (χ1) is 5.83. The first-order valence-electron chi connectivity index (χ1n) is 3.65. The third-order valence-electron chi connectivity index (χ3n) is 1.30. The molecule has 0 spiro atoms. The van der Waals surface area contributed by atoms with Crippen LogP contribution in [0.3, 0.4) is 0 Å². The van der Waals surface area contributed by atoms with Gasteiger partial charge in [-0.2, -0.15) is 0 Å². The molecule has 0 aliphatic rings. The van der Waals surface area contributed by atoms with Gasteiger partial charge in [-0.25, -0.2) is 4.39 Å². The van der Waals surface area contributed by atoms with Crippen LogP contribution in [0.15, 0.2) is 24.3 Å². The summed E-state index contributed by atoms with van der Waals surface area (Å²) < 4.78 is 17.6. The van der Waals surface area contributed by atoms with Crippen molar-refractivity contribution in [2.45, 2.75) is 6.42 Å². The Hall–Kier alpha value is -1.38. The Kier molecular flexibility index (Phi) is 3.26. The zero-order chi connectivity index (χ0) is 8.81. The molecule has 0 radical (unpaired) electrons. The Labute approximate surface area is 70.0 Å². The second-order valence-corrected chi connectivity index (χ2v) is 2.26. The summed E-state index contributed by atoms with van der Waals surface area (Å²) in [5.41, 5.74) is 0. The van der Waals surface area contributed by atoms with Gasteiger partial charge in [0, 0.05) is 12.5 Å². The minimum absolute atomic E-state index is 0.299. The summed E-state index contributed by atoms with van der Waals surface area (Å²) in [6, 6.07) is 5.83. The van der Waals surface area contributed by atoms with E-state index in [1.54, 1.807) is 12.1 Å². The van der Waals surface area contributed by atoms with E-state index in [2.05, 4.69) is 0 Å². The zero-order valence-corrected chi connectivity index (χ0v) is 6.50. The Bertz CT molecular complexity index is 260. The van der Waals surface area contributed by atoms with Gasteiger partial charge in [-0.05, 0) is 12.1 Å². The van der Waals surface area contributed by atoms with Crippen molar-refractivity contribution < 1.29 is 13.9 Å². The van der Waals surface area contributed by atoms with Crippen molar-refractivity contribution >= 4 is 6.29 Å². The van der Waals surface area contributed by atoms with Crippen LogP contribution in [-0.2, 0) is 4.79 Å². The molecule has 0 saturated carbocycles. The van der Waals surface area contributed by atoms with E-state index in [1.807, 2.05) is 0 Å². The van der Waals surface area contributed by atoms with Crippen LogP contribution in [0, 0.1) is 5.82 Å². The van der Waals surface area contributed by atoms with Gasteiger partial charge in [0.25, 0.3) is 0 Å². The highest BCUT2D eigenvalue weighted by Crippen LogP contribution is 2.11. The van der Waals surface area contributed by atoms with E-state index in [4.69, 9.17) is 4.74 Å². The summed E-state index contributed by atoms with van der Waals surface area (Å²) in [6.45, 7) is 0.299. The van der Waals surface area contributed by atoms with E-state index in [0.717, 1.165) is 6.29 Å². The lowest BCUT2D eigenvalue weighted by Gasteiger charge is -2.02. The van der Waals surface area contributed by atoms with Gasteiger partial charge in [0.15, 0.2) is 0 Å². The van der Waals surface area contributed by atoms with Crippen molar-refractivity contribution in [1.82, 2.24) is 0 Å². The molecule has 0 amide bonds. The van der Waals surface area contributed by atoms with Crippen LogP contribution in [0.4, 0.5) is 4.39 Å². The van der Waals surface area contributed by atoms with Crippen molar-refractivity contribution in [2.24, 2.45) is 0 Å². The number of halogens is 1. The molecule has 1 aromatic carbocycles. The molecular formula is C9H9FO2. The molecule has 0 aromatic heterocycles. The third-order valence-corrected chi connectivity index (χ3v) is 1.30. The number of carbonyl (C=O) groups excluding carboxylic acids is 1. The first-order valence-corrected chi connectivity index (χ1v) is 3.65. The maximum Gasteiger partial charge on any atom is 0.126 e. The molecule has 3 heteroatoms. The smallest absolute Gasteiger partial charge is 0.126 e. The highest BCUT2D eigenvalue weighted by Gasteiger charge is 1.94. The van der Waals surface area contributed by atoms with Crippen LogP contribution in [-0.4, -0.2) is 12.9 Å². The van der Waals surface area contributed by atoms with Gasteiger partial charge < -0.3 is 9.53 Å². The van der Waals surface area contributed by atoms with Crippen molar-refractivity contribution in [2.75, 3.05) is 6.61 Å². The minimum atomic E-state index is -0.335. The number of rotatable bonds is 4. The Morgan fingerprint density at radius 3 is 3.00 bits per heavy atom. The van der Waals surface area contributed by atoms with Crippen molar-refractivity contribution in [1.29, 1.82) is 0 Å². The fraction of sp³-hybridized carbons (Fsp3) is 0.222. The van der Waals surface area contributed by atoms with E-state index in [-0.39, 0.29) is 5.82 Å². The van der Waals surface area contributed by atoms with Gasteiger partial charge >= 0.3 is 0 Å². The van der Waals surface area contributed by atoms with Crippen LogP contribution >= 0.6 is 0 Å². The van der Waals surface area contributed by atoms with Gasteiger partial charge in [-0.3, -0.25) is 0 Å². The molecule has 0 aliphatic carbocycles. The molecule has 1 rings (SSSR count). The molecule has 1 aromatic rings. The van der Waals surface area contributed by atoms with Crippen molar-refractivity contribution in [3.05, 3.63) is 30.1 Å². The van der Waals surface area contributed by atoms with Crippen molar-refractivity contribution in [3.8, 4) is 5.75 Å². The predicted molar refractivity (Wildman–Crippen MR) is 42.6 cm³/mol. The quantitative estimate of drug-likeness (QED) is 0.506. The van der Waals surface area contributed by atoms with Crippen LogP contribution in [0.25, 0.3) is 0 Å². The Morgan fingerprint density at radius 2 is 2.33 bits per heavy atom.